The molecule has 0 atom stereocenters. The van der Waals surface area contributed by atoms with E-state index in [1.54, 1.807) is 6.07 Å². The highest BCUT2D eigenvalue weighted by atomic mass is 16.3. The van der Waals surface area contributed by atoms with Crippen LogP contribution in [0.3, 0.4) is 0 Å². The van der Waals surface area contributed by atoms with Crippen LogP contribution in [0.25, 0.3) is 10.9 Å². The number of rotatable bonds is 5. The first-order chi connectivity index (χ1) is 8.24. The smallest absolute Gasteiger partial charge is 0.116 e. The minimum Gasteiger partial charge on any atom is -0.508 e. The lowest BCUT2D eigenvalue weighted by atomic mass is 10.1. The number of hydrogen-bond acceptors (Lipinski definition) is 2. The molecule has 0 radical (unpaired) electrons. The zero-order chi connectivity index (χ0) is 12.3. The third kappa shape index (κ3) is 2.61. The van der Waals surface area contributed by atoms with Gasteiger partial charge in [0, 0.05) is 23.6 Å². The van der Waals surface area contributed by atoms with Crippen LogP contribution in [0.15, 0.2) is 24.4 Å². The Kier molecular flexibility index (Phi) is 3.69. The van der Waals surface area contributed by atoms with Crippen LogP contribution in [0.4, 0.5) is 0 Å². The number of H-pyrrole nitrogens is 1. The van der Waals surface area contributed by atoms with Crippen molar-refractivity contribution in [3.05, 3.63) is 30.0 Å². The van der Waals surface area contributed by atoms with E-state index in [0.717, 1.165) is 37.0 Å². The van der Waals surface area contributed by atoms with Gasteiger partial charge in [0.15, 0.2) is 0 Å². The zero-order valence-electron chi connectivity index (χ0n) is 10.5. The fourth-order valence-corrected chi connectivity index (χ4v) is 2.19. The lowest BCUT2D eigenvalue weighted by Gasteiger charge is -2.17. The molecule has 0 aliphatic carbocycles. The lowest BCUT2D eigenvalue weighted by molar-refractivity contribution is 0.308. The molecule has 92 valence electrons. The molecule has 0 unspecified atom stereocenters. The maximum absolute atomic E-state index is 9.52. The van der Waals surface area contributed by atoms with Crippen LogP contribution in [-0.4, -0.2) is 34.6 Å². The van der Waals surface area contributed by atoms with Crippen molar-refractivity contribution in [2.24, 2.45) is 0 Å². The number of phenols is 1. The number of fused-ring (bicyclic) bond motifs is 1. The van der Waals surface area contributed by atoms with E-state index in [2.05, 4.69) is 23.7 Å². The normalized spacial score (nSPS) is 11.5. The van der Waals surface area contributed by atoms with Crippen LogP contribution in [0.2, 0.25) is 0 Å². The summed E-state index contributed by atoms with van der Waals surface area (Å²) < 4.78 is 0. The monoisotopic (exact) mass is 232 g/mol. The van der Waals surface area contributed by atoms with Gasteiger partial charge in [-0.15, -0.1) is 0 Å². The summed E-state index contributed by atoms with van der Waals surface area (Å²) in [7, 11) is 0. The Bertz CT molecular complexity index is 486. The van der Waals surface area contributed by atoms with Crippen molar-refractivity contribution in [3.63, 3.8) is 0 Å². The van der Waals surface area contributed by atoms with Gasteiger partial charge >= 0.3 is 0 Å². The molecule has 0 spiro atoms. The summed E-state index contributed by atoms with van der Waals surface area (Å²) in [6.45, 7) is 7.61. The lowest BCUT2D eigenvalue weighted by Crippen LogP contribution is -2.25. The average molecular weight is 232 g/mol. The Morgan fingerprint density at radius 2 is 2.00 bits per heavy atom. The van der Waals surface area contributed by atoms with E-state index in [-0.39, 0.29) is 0 Å². The standard InChI is InChI=1S/C14H20N2O/c1-3-16(4-2)8-7-11-10-15-14-6-5-12(17)9-13(11)14/h5-6,9-10,15,17H,3-4,7-8H2,1-2H3. The fraction of sp³-hybridized carbons (Fsp3) is 0.429. The molecule has 1 heterocycles. The van der Waals surface area contributed by atoms with Crippen molar-refractivity contribution in [2.75, 3.05) is 19.6 Å². The summed E-state index contributed by atoms with van der Waals surface area (Å²) in [6, 6.07) is 5.47. The van der Waals surface area contributed by atoms with Crippen LogP contribution >= 0.6 is 0 Å². The number of aromatic amines is 1. The molecular weight excluding hydrogens is 212 g/mol. The van der Waals surface area contributed by atoms with Gasteiger partial charge in [0.25, 0.3) is 0 Å². The Balaban J connectivity index is 2.16. The zero-order valence-corrected chi connectivity index (χ0v) is 10.5. The Morgan fingerprint density at radius 1 is 1.24 bits per heavy atom. The molecule has 0 aliphatic rings. The SMILES string of the molecule is CCN(CC)CCc1c[nH]c2ccc(O)cc12. The van der Waals surface area contributed by atoms with E-state index >= 15 is 0 Å². The van der Waals surface area contributed by atoms with Crippen molar-refractivity contribution >= 4 is 10.9 Å². The van der Waals surface area contributed by atoms with Crippen LogP contribution in [-0.2, 0) is 6.42 Å². The third-order valence-corrected chi connectivity index (χ3v) is 3.34. The predicted molar refractivity (Wildman–Crippen MR) is 71.5 cm³/mol. The Labute approximate surface area is 102 Å². The molecule has 2 aromatic rings. The van der Waals surface area contributed by atoms with Crippen molar-refractivity contribution in [1.29, 1.82) is 0 Å². The van der Waals surface area contributed by atoms with Gasteiger partial charge in [-0.25, -0.2) is 0 Å². The summed E-state index contributed by atoms with van der Waals surface area (Å²) in [4.78, 5) is 5.65. The highest BCUT2D eigenvalue weighted by molar-refractivity contribution is 5.84. The summed E-state index contributed by atoms with van der Waals surface area (Å²) in [5.74, 6) is 0.334. The quantitative estimate of drug-likeness (QED) is 0.832. The summed E-state index contributed by atoms with van der Waals surface area (Å²) in [6.07, 6.45) is 3.07. The Morgan fingerprint density at radius 3 is 2.71 bits per heavy atom. The van der Waals surface area contributed by atoms with Gasteiger partial charge in [0.1, 0.15) is 5.75 Å². The van der Waals surface area contributed by atoms with Crippen molar-refractivity contribution < 1.29 is 5.11 Å². The Hall–Kier alpha value is -1.48. The van der Waals surface area contributed by atoms with Gasteiger partial charge in [0.2, 0.25) is 0 Å². The molecule has 0 saturated heterocycles. The van der Waals surface area contributed by atoms with Crippen molar-refractivity contribution in [1.82, 2.24) is 9.88 Å². The van der Waals surface area contributed by atoms with E-state index in [9.17, 15) is 5.11 Å². The van der Waals surface area contributed by atoms with Gasteiger partial charge in [0.05, 0.1) is 0 Å². The van der Waals surface area contributed by atoms with E-state index in [1.165, 1.54) is 5.56 Å². The minimum atomic E-state index is 0.334. The minimum absolute atomic E-state index is 0.334. The third-order valence-electron chi connectivity index (χ3n) is 3.34. The number of likely N-dealkylation sites (N-methyl/N-ethyl adjacent to an activating group) is 1. The first kappa shape index (κ1) is 12.0. The van der Waals surface area contributed by atoms with E-state index in [4.69, 9.17) is 0 Å². The van der Waals surface area contributed by atoms with Gasteiger partial charge in [-0.2, -0.15) is 0 Å². The molecular formula is C14H20N2O. The highest BCUT2D eigenvalue weighted by Crippen LogP contribution is 2.23. The maximum atomic E-state index is 9.52. The second kappa shape index (κ2) is 5.23. The first-order valence-corrected chi connectivity index (χ1v) is 6.26. The number of nitrogens with zero attached hydrogens (tertiary/aromatic N) is 1. The van der Waals surface area contributed by atoms with Crippen LogP contribution in [0.1, 0.15) is 19.4 Å². The first-order valence-electron chi connectivity index (χ1n) is 6.26. The van der Waals surface area contributed by atoms with E-state index < -0.39 is 0 Å². The molecule has 3 nitrogen and oxygen atoms in total. The second-order valence-electron chi connectivity index (χ2n) is 4.32. The fourth-order valence-electron chi connectivity index (χ4n) is 2.19. The number of phenolic OH excluding ortho intramolecular Hbond substituents is 1. The van der Waals surface area contributed by atoms with Crippen LogP contribution < -0.4 is 0 Å². The number of aromatic hydroxyl groups is 1. The summed E-state index contributed by atoms with van der Waals surface area (Å²) >= 11 is 0. The number of aromatic nitrogens is 1. The molecule has 0 fully saturated rings. The molecule has 0 saturated carbocycles. The number of hydrogen-bond donors (Lipinski definition) is 2. The molecule has 0 aliphatic heterocycles. The van der Waals surface area contributed by atoms with Crippen molar-refractivity contribution in [2.45, 2.75) is 20.3 Å². The number of benzene rings is 1. The van der Waals surface area contributed by atoms with Crippen LogP contribution in [0.5, 0.6) is 5.75 Å². The molecule has 2 N–H and O–H groups in total. The molecule has 17 heavy (non-hydrogen) atoms. The highest BCUT2D eigenvalue weighted by Gasteiger charge is 2.06. The molecule has 0 amide bonds. The van der Waals surface area contributed by atoms with E-state index in [1.807, 2.05) is 18.3 Å². The molecule has 3 heteroatoms. The summed E-state index contributed by atoms with van der Waals surface area (Å²) in [5, 5.41) is 10.7. The maximum Gasteiger partial charge on any atom is 0.116 e. The van der Waals surface area contributed by atoms with Gasteiger partial charge < -0.3 is 15.0 Å². The molecule has 2 rings (SSSR count). The van der Waals surface area contributed by atoms with Gasteiger partial charge in [-0.3, -0.25) is 0 Å². The number of nitrogens with one attached hydrogen (secondary N) is 1. The van der Waals surface area contributed by atoms with E-state index in [0.29, 0.717) is 5.75 Å². The van der Waals surface area contributed by atoms with Crippen molar-refractivity contribution in [3.8, 4) is 5.75 Å². The summed E-state index contributed by atoms with van der Waals surface area (Å²) in [5.41, 5.74) is 2.38. The largest absolute Gasteiger partial charge is 0.508 e. The molecule has 1 aromatic carbocycles. The average Bonchev–Trinajstić information content (AvgIpc) is 2.73. The van der Waals surface area contributed by atoms with Gasteiger partial charge in [-0.1, -0.05) is 13.8 Å². The molecule has 1 aromatic heterocycles. The van der Waals surface area contributed by atoms with Crippen LogP contribution in [0, 0.1) is 0 Å². The van der Waals surface area contributed by atoms with Gasteiger partial charge in [-0.05, 0) is 43.3 Å². The molecule has 0 bridgehead atoms. The predicted octanol–water partition coefficient (Wildman–Crippen LogP) is 2.76. The topological polar surface area (TPSA) is 39.3 Å². The second-order valence-corrected chi connectivity index (χ2v) is 4.32.